The SMILES string of the molecule is CCC(=O)OS(=O)(=O)OC(=O)CC. The van der Waals surface area contributed by atoms with Gasteiger partial charge in [0.25, 0.3) is 0 Å². The minimum Gasteiger partial charge on any atom is -0.316 e. The molecular weight excluding hydrogens is 200 g/mol. The summed E-state index contributed by atoms with van der Waals surface area (Å²) in [5.41, 5.74) is 0. The Morgan fingerprint density at radius 1 is 1.00 bits per heavy atom. The Kier molecular flexibility index (Phi) is 4.39. The Balaban J connectivity index is 4.26. The lowest BCUT2D eigenvalue weighted by atomic mass is 10.5. The minimum atomic E-state index is -4.50. The van der Waals surface area contributed by atoms with E-state index in [0.29, 0.717) is 0 Å². The molecule has 13 heavy (non-hydrogen) atoms. The monoisotopic (exact) mass is 210 g/mol. The molecule has 0 rings (SSSR count). The van der Waals surface area contributed by atoms with Crippen LogP contribution in [-0.2, 0) is 28.4 Å². The average Bonchev–Trinajstić information content (AvgIpc) is 2.02. The zero-order chi connectivity index (χ0) is 10.5. The molecule has 0 atom stereocenters. The predicted octanol–water partition coefficient (Wildman–Crippen LogP) is 0.138. The fraction of sp³-hybridized carbons (Fsp3) is 0.667. The van der Waals surface area contributed by atoms with E-state index < -0.39 is 22.3 Å². The summed E-state index contributed by atoms with van der Waals surface area (Å²) in [6.07, 6.45) is -0.216. The van der Waals surface area contributed by atoms with Gasteiger partial charge in [0.05, 0.1) is 0 Å². The average molecular weight is 210 g/mol. The summed E-state index contributed by atoms with van der Waals surface area (Å²) >= 11 is 0. The molecule has 0 bridgehead atoms. The highest BCUT2D eigenvalue weighted by Crippen LogP contribution is 2.00. The van der Waals surface area contributed by atoms with Crippen LogP contribution in [0, 0.1) is 0 Å². The molecule has 0 aliphatic carbocycles. The first-order chi connectivity index (χ1) is 5.91. The van der Waals surface area contributed by atoms with Crippen LogP contribution in [0.3, 0.4) is 0 Å². The molecule has 0 aromatic heterocycles. The first kappa shape index (κ1) is 11.9. The normalized spacial score (nSPS) is 10.6. The highest BCUT2D eigenvalue weighted by atomic mass is 32.3. The summed E-state index contributed by atoms with van der Waals surface area (Å²) in [6, 6.07) is 0. The number of rotatable bonds is 4. The third-order valence-corrected chi connectivity index (χ3v) is 1.75. The number of hydrogen-bond donors (Lipinski definition) is 0. The largest absolute Gasteiger partial charge is 0.506 e. The van der Waals surface area contributed by atoms with Crippen molar-refractivity contribution in [3.8, 4) is 0 Å². The van der Waals surface area contributed by atoms with Crippen molar-refractivity contribution >= 4 is 22.3 Å². The van der Waals surface area contributed by atoms with Crippen LogP contribution in [-0.4, -0.2) is 20.4 Å². The van der Waals surface area contributed by atoms with Gasteiger partial charge in [0.15, 0.2) is 0 Å². The zero-order valence-corrected chi connectivity index (χ0v) is 8.09. The van der Waals surface area contributed by atoms with Gasteiger partial charge in [-0.05, 0) is 0 Å². The second-order valence-corrected chi connectivity index (χ2v) is 3.18. The van der Waals surface area contributed by atoms with Crippen molar-refractivity contribution in [2.45, 2.75) is 26.7 Å². The van der Waals surface area contributed by atoms with E-state index in [-0.39, 0.29) is 12.8 Å². The van der Waals surface area contributed by atoms with Gasteiger partial charge >= 0.3 is 22.3 Å². The predicted molar refractivity (Wildman–Crippen MR) is 41.7 cm³/mol. The molecule has 0 aromatic carbocycles. The van der Waals surface area contributed by atoms with E-state index >= 15 is 0 Å². The molecule has 0 fully saturated rings. The van der Waals surface area contributed by atoms with Crippen molar-refractivity contribution in [1.82, 2.24) is 0 Å². The van der Waals surface area contributed by atoms with Crippen molar-refractivity contribution in [3.63, 3.8) is 0 Å². The van der Waals surface area contributed by atoms with E-state index in [2.05, 4.69) is 8.37 Å². The molecule has 0 aromatic rings. The summed E-state index contributed by atoms with van der Waals surface area (Å²) in [4.78, 5) is 21.0. The molecule has 0 heterocycles. The smallest absolute Gasteiger partial charge is 0.316 e. The van der Waals surface area contributed by atoms with E-state index in [0.717, 1.165) is 0 Å². The summed E-state index contributed by atoms with van der Waals surface area (Å²) < 4.78 is 29.1. The van der Waals surface area contributed by atoms with Crippen molar-refractivity contribution in [2.24, 2.45) is 0 Å². The second kappa shape index (κ2) is 4.80. The Hall–Kier alpha value is -1.11. The molecule has 0 amide bonds. The van der Waals surface area contributed by atoms with Crippen molar-refractivity contribution in [1.29, 1.82) is 0 Å². The Morgan fingerprint density at radius 2 is 1.31 bits per heavy atom. The quantitative estimate of drug-likeness (QED) is 0.655. The Bertz CT molecular complexity index is 266. The van der Waals surface area contributed by atoms with E-state index in [4.69, 9.17) is 0 Å². The fourth-order valence-electron chi connectivity index (χ4n) is 0.363. The summed E-state index contributed by atoms with van der Waals surface area (Å²) in [5, 5.41) is 0. The van der Waals surface area contributed by atoms with Crippen LogP contribution in [0.5, 0.6) is 0 Å². The van der Waals surface area contributed by atoms with Gasteiger partial charge in [-0.15, -0.1) is 8.42 Å². The van der Waals surface area contributed by atoms with Crippen LogP contribution < -0.4 is 0 Å². The minimum absolute atomic E-state index is 0.108. The summed E-state index contributed by atoms with van der Waals surface area (Å²) in [5.74, 6) is -1.94. The molecule has 6 nitrogen and oxygen atoms in total. The summed E-state index contributed by atoms with van der Waals surface area (Å²) in [7, 11) is -4.50. The maximum atomic E-state index is 10.7. The van der Waals surface area contributed by atoms with Gasteiger partial charge in [0.1, 0.15) is 0 Å². The third kappa shape index (κ3) is 5.18. The van der Waals surface area contributed by atoms with Gasteiger partial charge in [-0.2, -0.15) is 0 Å². The van der Waals surface area contributed by atoms with E-state index in [1.165, 1.54) is 13.8 Å². The number of carbonyl (C=O) groups is 2. The van der Waals surface area contributed by atoms with Crippen molar-refractivity contribution < 1.29 is 26.4 Å². The molecule has 76 valence electrons. The lowest BCUT2D eigenvalue weighted by molar-refractivity contribution is -0.137. The van der Waals surface area contributed by atoms with Gasteiger partial charge < -0.3 is 8.37 Å². The Morgan fingerprint density at radius 3 is 1.54 bits per heavy atom. The van der Waals surface area contributed by atoms with Gasteiger partial charge in [-0.1, -0.05) is 13.8 Å². The molecule has 0 unspecified atom stereocenters. The van der Waals surface area contributed by atoms with Gasteiger partial charge in [0, 0.05) is 12.8 Å². The molecule has 7 heteroatoms. The maximum Gasteiger partial charge on any atom is 0.506 e. The highest BCUT2D eigenvalue weighted by molar-refractivity contribution is 7.82. The number of carbonyl (C=O) groups excluding carboxylic acids is 2. The first-order valence-electron chi connectivity index (χ1n) is 3.60. The molecule has 0 saturated heterocycles. The summed E-state index contributed by atoms with van der Waals surface area (Å²) in [6.45, 7) is 2.83. The van der Waals surface area contributed by atoms with Crippen LogP contribution in [0.15, 0.2) is 0 Å². The molecule has 0 saturated carbocycles. The van der Waals surface area contributed by atoms with Crippen molar-refractivity contribution in [2.75, 3.05) is 0 Å². The van der Waals surface area contributed by atoms with E-state index in [1.807, 2.05) is 0 Å². The Labute approximate surface area is 76.2 Å². The molecular formula is C6H10O6S. The topological polar surface area (TPSA) is 86.7 Å². The highest BCUT2D eigenvalue weighted by Gasteiger charge is 2.20. The van der Waals surface area contributed by atoms with Gasteiger partial charge in [-0.25, -0.2) is 0 Å². The van der Waals surface area contributed by atoms with Crippen LogP contribution in [0.25, 0.3) is 0 Å². The third-order valence-electron chi connectivity index (χ3n) is 0.967. The molecule has 0 aliphatic rings. The maximum absolute atomic E-state index is 10.7. The molecule has 0 aliphatic heterocycles. The fourth-order valence-corrected chi connectivity index (χ4v) is 1.09. The van der Waals surface area contributed by atoms with Crippen LogP contribution in [0.4, 0.5) is 0 Å². The van der Waals surface area contributed by atoms with Gasteiger partial charge in [0.2, 0.25) is 0 Å². The van der Waals surface area contributed by atoms with Gasteiger partial charge in [-0.3, -0.25) is 9.59 Å². The van der Waals surface area contributed by atoms with E-state index in [1.54, 1.807) is 0 Å². The number of hydrogen-bond acceptors (Lipinski definition) is 6. The first-order valence-corrected chi connectivity index (χ1v) is 4.94. The lowest BCUT2D eigenvalue weighted by Crippen LogP contribution is -2.18. The lowest BCUT2D eigenvalue weighted by Gasteiger charge is -2.02. The molecule has 0 radical (unpaired) electrons. The standard InChI is InChI=1S/C6H10O6S/c1-3-5(7)11-13(9,10)12-6(8)4-2/h3-4H2,1-2H3. The van der Waals surface area contributed by atoms with Crippen LogP contribution in [0.1, 0.15) is 26.7 Å². The van der Waals surface area contributed by atoms with Crippen LogP contribution in [0.2, 0.25) is 0 Å². The van der Waals surface area contributed by atoms with E-state index in [9.17, 15) is 18.0 Å². The van der Waals surface area contributed by atoms with Crippen molar-refractivity contribution in [3.05, 3.63) is 0 Å². The second-order valence-electron chi connectivity index (χ2n) is 2.03. The van der Waals surface area contributed by atoms with Crippen LogP contribution >= 0.6 is 0 Å². The molecule has 0 spiro atoms. The zero-order valence-electron chi connectivity index (χ0n) is 7.27. The molecule has 0 N–H and O–H groups in total.